The Bertz CT molecular complexity index is 3220. The number of hydrogen-bond acceptors (Lipinski definition) is 20. The molecular formula is C64H100ClN17O11. The number of piperidine rings is 2. The van der Waals surface area contributed by atoms with E-state index in [0.29, 0.717) is 94.9 Å². The standard InChI is InChI=1S/C17H28N4O2.C14H21N3O4.C12H20N4.C12H17N3O3.C9H13N3O2.ClH/c1-17(2,3)23-16(22)21-10-9-20-12-14(18-15(20)13-21)11-19-7-5-4-6-8-19;1-5-20-12(18)10-8-16-6-7-17(9-11(16)15-10)13(19)21-14(2,3)4;1-2-5-15(6-3-1)9-11-10-16-7-4-13-8-12(16)14-11;1-12(2,3)18-11(17)15-5-4-14-6-9(8-16)13-10(14)7-15;1-2-14-9(13)7-6-12-4-3-10-5-8(12)11-7;/h12H,4-11,13H2,1-3H3;8H,5-7,9H2,1-4H3;10,13H,1-9H2;6,8H,4-5,7H2,1-3H3;6,10H,2-5H2,1H3;1H. The molecule has 2 N–H and O–H groups in total. The largest absolute Gasteiger partial charge is 0.461 e. The van der Waals surface area contributed by atoms with Gasteiger partial charge >= 0.3 is 30.2 Å². The highest BCUT2D eigenvalue weighted by Gasteiger charge is 2.31. The second-order valence-electron chi connectivity index (χ2n) is 26.7. The molecule has 2 saturated heterocycles. The summed E-state index contributed by atoms with van der Waals surface area (Å²) in [6.45, 7) is 38.3. The first kappa shape index (κ1) is 73.0. The molecule has 93 heavy (non-hydrogen) atoms. The van der Waals surface area contributed by atoms with Gasteiger partial charge in [-0.15, -0.1) is 12.4 Å². The van der Waals surface area contributed by atoms with E-state index >= 15 is 0 Å². The molecule has 12 heterocycles. The highest BCUT2D eigenvalue weighted by molar-refractivity contribution is 5.87. The molecule has 5 aromatic rings. The van der Waals surface area contributed by atoms with Crippen molar-refractivity contribution >= 4 is 48.9 Å². The summed E-state index contributed by atoms with van der Waals surface area (Å²) in [7, 11) is 0. The van der Waals surface area contributed by atoms with Crippen molar-refractivity contribution in [3.05, 3.63) is 88.6 Å². The average Bonchev–Trinajstić information content (AvgIpc) is 1.75. The first-order valence-corrected chi connectivity index (χ1v) is 32.7. The fourth-order valence-electron chi connectivity index (χ4n) is 11.2. The van der Waals surface area contributed by atoms with Gasteiger partial charge in [-0.1, -0.05) is 12.8 Å². The third-order valence-electron chi connectivity index (χ3n) is 15.6. The highest BCUT2D eigenvalue weighted by atomic mass is 35.5. The van der Waals surface area contributed by atoms with Crippen molar-refractivity contribution in [2.75, 3.05) is 72.1 Å². The molecule has 0 atom stereocenters. The van der Waals surface area contributed by atoms with Gasteiger partial charge in [0.1, 0.15) is 51.6 Å². The molecule has 28 nitrogen and oxygen atoms in total. The molecule has 7 aliphatic heterocycles. The zero-order valence-electron chi connectivity index (χ0n) is 56.6. The molecule has 2 fully saturated rings. The number of nitrogens with one attached hydrogen (secondary N) is 2. The third-order valence-corrected chi connectivity index (χ3v) is 15.6. The van der Waals surface area contributed by atoms with Crippen molar-refractivity contribution in [3.8, 4) is 0 Å². The molecule has 29 heteroatoms. The number of nitrogens with zero attached hydrogens (tertiary/aromatic N) is 15. The van der Waals surface area contributed by atoms with E-state index < -0.39 is 22.8 Å². The number of ether oxygens (including phenoxy) is 5. The van der Waals surface area contributed by atoms with E-state index in [1.165, 1.54) is 76.2 Å². The predicted molar refractivity (Wildman–Crippen MR) is 347 cm³/mol. The van der Waals surface area contributed by atoms with Gasteiger partial charge in [0.05, 0.1) is 57.3 Å². The SMILES string of the molecule is CC(C)(C)OC(=O)N1CCn2cc(C=O)nc2C1.CC(C)(C)OC(=O)N1CCn2cc(CN3CCCCC3)nc2C1.CCOC(=O)c1cn2c(n1)CN(C(=O)OC(C)(C)C)CC2.CCOC(=O)c1cn2c(n1)CNCC2.Cl.c1c(CN2CCCCC2)nc2n1CCNC2. The van der Waals surface area contributed by atoms with Crippen LogP contribution in [-0.4, -0.2) is 198 Å². The summed E-state index contributed by atoms with van der Waals surface area (Å²) >= 11 is 0. The van der Waals surface area contributed by atoms with E-state index in [-0.39, 0.29) is 42.3 Å². The van der Waals surface area contributed by atoms with E-state index in [9.17, 15) is 28.8 Å². The fraction of sp³-hybridized carbons (Fsp3) is 0.672. The van der Waals surface area contributed by atoms with Crippen molar-refractivity contribution in [2.24, 2.45) is 0 Å². The molecule has 0 aromatic carbocycles. The van der Waals surface area contributed by atoms with Crippen LogP contribution >= 0.6 is 12.4 Å². The predicted octanol–water partition coefficient (Wildman–Crippen LogP) is 7.43. The minimum Gasteiger partial charge on any atom is -0.461 e. The lowest BCUT2D eigenvalue weighted by molar-refractivity contribution is 0.0185. The van der Waals surface area contributed by atoms with E-state index in [1.54, 1.807) is 47.1 Å². The normalized spacial score (nSPS) is 17.1. The number of esters is 2. The van der Waals surface area contributed by atoms with Gasteiger partial charge in [0.25, 0.3) is 0 Å². The Hall–Kier alpha value is -7.40. The second-order valence-corrected chi connectivity index (χ2v) is 26.7. The number of rotatable bonds is 9. The van der Waals surface area contributed by atoms with Crippen molar-refractivity contribution in [1.82, 2.24) is 82.9 Å². The minimum absolute atomic E-state index is 0. The maximum atomic E-state index is 12.2. The molecule has 0 spiro atoms. The number of amides is 3. The third kappa shape index (κ3) is 22.4. The van der Waals surface area contributed by atoms with Crippen LogP contribution in [0, 0.1) is 0 Å². The lowest BCUT2D eigenvalue weighted by Gasteiger charge is -2.30. The number of fused-ring (bicyclic) bond motifs is 5. The Morgan fingerprint density at radius 3 is 1.17 bits per heavy atom. The van der Waals surface area contributed by atoms with Crippen molar-refractivity contribution in [2.45, 2.75) is 210 Å². The lowest BCUT2D eigenvalue weighted by atomic mass is 10.1. The fourth-order valence-corrected chi connectivity index (χ4v) is 11.2. The smallest absolute Gasteiger partial charge is 0.410 e. The molecular weight excluding hydrogens is 1220 g/mol. The number of imidazole rings is 5. The number of carbonyl (C=O) groups is 6. The van der Waals surface area contributed by atoms with Crippen LogP contribution in [0.25, 0.3) is 0 Å². The topological polar surface area (TPSA) is 278 Å². The number of carbonyl (C=O) groups excluding carboxylic acids is 6. The van der Waals surface area contributed by atoms with Crippen LogP contribution in [0.5, 0.6) is 0 Å². The molecule has 3 amide bonds. The van der Waals surface area contributed by atoms with Gasteiger partial charge in [-0.05, 0) is 128 Å². The van der Waals surface area contributed by atoms with Crippen LogP contribution in [0.15, 0.2) is 31.0 Å². The van der Waals surface area contributed by atoms with Crippen LogP contribution in [-0.2, 0) is 102 Å². The lowest BCUT2D eigenvalue weighted by Crippen LogP contribution is -2.41. The van der Waals surface area contributed by atoms with Gasteiger partial charge in [0.2, 0.25) is 0 Å². The van der Waals surface area contributed by atoms with Crippen LogP contribution in [0.3, 0.4) is 0 Å². The summed E-state index contributed by atoms with van der Waals surface area (Å²) in [4.78, 5) is 102. The Labute approximate surface area is 552 Å². The van der Waals surface area contributed by atoms with Gasteiger partial charge in [0, 0.05) is 110 Å². The molecule has 12 rings (SSSR count). The van der Waals surface area contributed by atoms with Crippen molar-refractivity contribution in [3.63, 3.8) is 0 Å². The summed E-state index contributed by atoms with van der Waals surface area (Å²) in [6.07, 6.45) is 17.3. The number of halogens is 1. The van der Waals surface area contributed by atoms with E-state index in [0.717, 1.165) is 76.2 Å². The van der Waals surface area contributed by atoms with E-state index in [4.69, 9.17) is 33.7 Å². The van der Waals surface area contributed by atoms with E-state index in [2.05, 4.69) is 56.9 Å². The summed E-state index contributed by atoms with van der Waals surface area (Å²) < 4.78 is 36.1. The first-order chi connectivity index (χ1) is 43.8. The molecule has 0 radical (unpaired) electrons. The number of aldehydes is 1. The Morgan fingerprint density at radius 1 is 0.441 bits per heavy atom. The van der Waals surface area contributed by atoms with Gasteiger partial charge in [0.15, 0.2) is 17.7 Å². The molecule has 514 valence electrons. The summed E-state index contributed by atoms with van der Waals surface area (Å²) in [5.74, 6) is 3.67. The molecule has 5 aromatic heterocycles. The van der Waals surface area contributed by atoms with Crippen LogP contribution < -0.4 is 10.6 Å². The Balaban J connectivity index is 0.000000166. The maximum Gasteiger partial charge on any atom is 0.410 e. The van der Waals surface area contributed by atoms with Crippen LogP contribution in [0.1, 0.15) is 187 Å². The quantitative estimate of drug-likeness (QED) is 0.0824. The average molecular weight is 1320 g/mol. The number of aromatic nitrogens is 10. The van der Waals surface area contributed by atoms with E-state index in [1.807, 2.05) is 76.0 Å². The Morgan fingerprint density at radius 2 is 0.785 bits per heavy atom. The molecule has 0 bridgehead atoms. The highest BCUT2D eigenvalue weighted by Crippen LogP contribution is 2.22. The van der Waals surface area contributed by atoms with Gasteiger partial charge in [-0.2, -0.15) is 0 Å². The summed E-state index contributed by atoms with van der Waals surface area (Å²) in [6, 6.07) is 0. The minimum atomic E-state index is -0.528. The van der Waals surface area contributed by atoms with Crippen molar-refractivity contribution in [1.29, 1.82) is 0 Å². The van der Waals surface area contributed by atoms with Gasteiger partial charge in [-0.3, -0.25) is 29.3 Å². The first-order valence-electron chi connectivity index (χ1n) is 32.7. The monoisotopic (exact) mass is 1320 g/mol. The van der Waals surface area contributed by atoms with Gasteiger partial charge in [-0.25, -0.2) is 48.9 Å². The number of likely N-dealkylation sites (tertiary alicyclic amines) is 2. The zero-order chi connectivity index (χ0) is 66.2. The molecule has 0 unspecified atom stereocenters. The molecule has 0 aliphatic carbocycles. The zero-order valence-corrected chi connectivity index (χ0v) is 57.4. The maximum absolute atomic E-state index is 12.2. The molecule has 7 aliphatic rings. The van der Waals surface area contributed by atoms with Crippen LogP contribution in [0.2, 0.25) is 0 Å². The van der Waals surface area contributed by atoms with Crippen molar-refractivity contribution < 1.29 is 52.5 Å². The molecule has 0 saturated carbocycles. The van der Waals surface area contributed by atoms with Gasteiger partial charge < -0.3 is 57.2 Å². The Kier molecular flexibility index (Phi) is 26.4. The van der Waals surface area contributed by atoms with Crippen LogP contribution in [0.4, 0.5) is 14.4 Å². The second kappa shape index (κ2) is 33.6. The summed E-state index contributed by atoms with van der Waals surface area (Å²) in [5.41, 5.74) is 1.97. The summed E-state index contributed by atoms with van der Waals surface area (Å²) in [5, 5.41) is 6.55. The number of hydrogen-bond donors (Lipinski definition) is 2.